The van der Waals surface area contributed by atoms with E-state index >= 15 is 0 Å². The molecular weight excluding hydrogens is 315 g/mol. The highest BCUT2D eigenvalue weighted by atomic mass is 35.5. The number of rotatable bonds is 4. The number of carbonyl (C=O) groups excluding carboxylic acids is 1. The molecule has 1 amide bonds. The summed E-state index contributed by atoms with van der Waals surface area (Å²) in [6, 6.07) is 2.50. The monoisotopic (exact) mass is 332 g/mol. The predicted octanol–water partition coefficient (Wildman–Crippen LogP) is 3.80. The molecule has 1 aromatic rings. The molecule has 2 heterocycles. The van der Waals surface area contributed by atoms with E-state index in [0.29, 0.717) is 26.3 Å². The Morgan fingerprint density at radius 1 is 1.35 bits per heavy atom. The van der Waals surface area contributed by atoms with Gasteiger partial charge in [-0.25, -0.2) is 0 Å². The van der Waals surface area contributed by atoms with Crippen LogP contribution in [0.2, 0.25) is 8.67 Å². The summed E-state index contributed by atoms with van der Waals surface area (Å²) >= 11 is 13.3. The van der Waals surface area contributed by atoms with Crippen molar-refractivity contribution < 1.29 is 4.79 Å². The third-order valence-electron chi connectivity index (χ3n) is 3.97. The molecule has 1 aliphatic heterocycles. The highest BCUT2D eigenvalue weighted by Crippen LogP contribution is 2.35. The van der Waals surface area contributed by atoms with Crippen LogP contribution in [0.1, 0.15) is 42.5 Å². The van der Waals surface area contributed by atoms with E-state index in [4.69, 9.17) is 23.2 Å². The number of halogens is 2. The Morgan fingerprint density at radius 2 is 2.15 bits per heavy atom. The van der Waals surface area contributed by atoms with Gasteiger partial charge in [-0.3, -0.25) is 4.79 Å². The quantitative estimate of drug-likeness (QED) is 0.909. The van der Waals surface area contributed by atoms with E-state index in [1.54, 1.807) is 6.07 Å². The van der Waals surface area contributed by atoms with Crippen molar-refractivity contribution in [3.8, 4) is 0 Å². The molecule has 3 rings (SSSR count). The zero-order chi connectivity index (χ0) is 14.1. The van der Waals surface area contributed by atoms with Crippen LogP contribution in [-0.4, -0.2) is 36.0 Å². The molecule has 0 radical (unpaired) electrons. The minimum atomic E-state index is 0.0352. The van der Waals surface area contributed by atoms with Crippen LogP contribution in [0.5, 0.6) is 0 Å². The van der Waals surface area contributed by atoms with Crippen LogP contribution in [0.15, 0.2) is 6.07 Å². The summed E-state index contributed by atoms with van der Waals surface area (Å²) in [5.74, 6) is 0.0352. The summed E-state index contributed by atoms with van der Waals surface area (Å²) in [6.07, 6.45) is 5.84. The first-order chi connectivity index (χ1) is 9.65. The van der Waals surface area contributed by atoms with Crippen LogP contribution >= 0.6 is 34.5 Å². The van der Waals surface area contributed by atoms with Gasteiger partial charge in [0.25, 0.3) is 5.91 Å². The van der Waals surface area contributed by atoms with E-state index < -0.39 is 0 Å². The summed E-state index contributed by atoms with van der Waals surface area (Å²) in [4.78, 5) is 14.7. The van der Waals surface area contributed by atoms with E-state index in [9.17, 15) is 4.79 Å². The fourth-order valence-corrected chi connectivity index (χ4v) is 4.19. The van der Waals surface area contributed by atoms with Gasteiger partial charge in [-0.1, -0.05) is 29.6 Å². The molecule has 0 aromatic carbocycles. The molecule has 20 heavy (non-hydrogen) atoms. The topological polar surface area (TPSA) is 32.3 Å². The number of hydrogen-bond donors (Lipinski definition) is 1. The van der Waals surface area contributed by atoms with Crippen molar-refractivity contribution in [3.63, 3.8) is 0 Å². The van der Waals surface area contributed by atoms with Gasteiger partial charge in [0.15, 0.2) is 0 Å². The minimum Gasteiger partial charge on any atom is -0.334 e. The second kappa shape index (κ2) is 6.22. The zero-order valence-electron chi connectivity index (χ0n) is 11.2. The first kappa shape index (κ1) is 14.6. The van der Waals surface area contributed by atoms with Gasteiger partial charge in [-0.15, -0.1) is 11.3 Å². The summed E-state index contributed by atoms with van der Waals surface area (Å²) in [7, 11) is 0. The number of nitrogens with one attached hydrogen (secondary N) is 1. The fraction of sp³-hybridized carbons (Fsp3) is 0.643. The smallest absolute Gasteiger partial charge is 0.256 e. The van der Waals surface area contributed by atoms with E-state index in [2.05, 4.69) is 5.32 Å². The van der Waals surface area contributed by atoms with Gasteiger partial charge in [0, 0.05) is 18.6 Å². The van der Waals surface area contributed by atoms with E-state index in [1.807, 2.05) is 4.90 Å². The molecule has 6 heteroatoms. The maximum Gasteiger partial charge on any atom is 0.256 e. The molecule has 1 unspecified atom stereocenters. The Morgan fingerprint density at radius 3 is 2.70 bits per heavy atom. The predicted molar refractivity (Wildman–Crippen MR) is 84.0 cm³/mol. The SMILES string of the molecule is O=C(c1cc(Cl)sc1Cl)N(CC1CCCCN1)C1CC1. The summed E-state index contributed by atoms with van der Waals surface area (Å²) < 4.78 is 1.08. The van der Waals surface area contributed by atoms with Gasteiger partial charge in [0.05, 0.1) is 9.90 Å². The van der Waals surface area contributed by atoms with Crippen molar-refractivity contribution in [2.45, 2.75) is 44.2 Å². The van der Waals surface area contributed by atoms with Crippen LogP contribution in [0.25, 0.3) is 0 Å². The first-order valence-electron chi connectivity index (χ1n) is 7.14. The molecule has 1 N–H and O–H groups in total. The Labute approximate surface area is 133 Å². The Balaban J connectivity index is 1.72. The Bertz CT molecular complexity index is 495. The summed E-state index contributed by atoms with van der Waals surface area (Å²) in [6.45, 7) is 1.84. The molecule has 1 aliphatic carbocycles. The maximum atomic E-state index is 12.7. The van der Waals surface area contributed by atoms with Crippen molar-refractivity contribution in [2.75, 3.05) is 13.1 Å². The third kappa shape index (κ3) is 3.30. The number of amides is 1. The lowest BCUT2D eigenvalue weighted by Crippen LogP contribution is -2.46. The molecule has 1 saturated heterocycles. The molecule has 2 fully saturated rings. The largest absolute Gasteiger partial charge is 0.334 e. The van der Waals surface area contributed by atoms with Crippen molar-refractivity contribution in [2.24, 2.45) is 0 Å². The number of nitrogens with zero attached hydrogens (tertiary/aromatic N) is 1. The lowest BCUT2D eigenvalue weighted by Gasteiger charge is -2.30. The summed E-state index contributed by atoms with van der Waals surface area (Å²) in [5.41, 5.74) is 0.560. The molecule has 1 aromatic heterocycles. The van der Waals surface area contributed by atoms with E-state index in [1.165, 1.54) is 24.2 Å². The van der Waals surface area contributed by atoms with Crippen LogP contribution in [-0.2, 0) is 0 Å². The Kier molecular flexibility index (Phi) is 4.55. The molecule has 1 atom stereocenters. The summed E-state index contributed by atoms with van der Waals surface area (Å²) in [5, 5.41) is 3.51. The lowest BCUT2D eigenvalue weighted by molar-refractivity contribution is 0.0718. The number of hydrogen-bond acceptors (Lipinski definition) is 3. The van der Waals surface area contributed by atoms with Crippen LogP contribution in [0.4, 0.5) is 0 Å². The lowest BCUT2D eigenvalue weighted by atomic mass is 10.0. The second-order valence-electron chi connectivity index (χ2n) is 5.57. The molecule has 0 spiro atoms. The van der Waals surface area contributed by atoms with Gasteiger partial charge in [-0.2, -0.15) is 0 Å². The average Bonchev–Trinajstić information content (AvgIpc) is 3.22. The van der Waals surface area contributed by atoms with Crippen LogP contribution < -0.4 is 5.32 Å². The van der Waals surface area contributed by atoms with Crippen molar-refractivity contribution in [1.29, 1.82) is 0 Å². The third-order valence-corrected chi connectivity index (χ3v) is 5.45. The first-order valence-corrected chi connectivity index (χ1v) is 8.71. The van der Waals surface area contributed by atoms with Crippen LogP contribution in [0.3, 0.4) is 0 Å². The van der Waals surface area contributed by atoms with Crippen molar-refractivity contribution >= 4 is 40.4 Å². The Hall–Kier alpha value is -0.290. The molecular formula is C14H18Cl2N2OS. The molecule has 110 valence electrons. The van der Waals surface area contributed by atoms with Gasteiger partial charge >= 0.3 is 0 Å². The highest BCUT2D eigenvalue weighted by molar-refractivity contribution is 7.20. The molecule has 0 bridgehead atoms. The molecule has 1 saturated carbocycles. The second-order valence-corrected chi connectivity index (χ2v) is 7.86. The van der Waals surface area contributed by atoms with Gasteiger partial charge in [0.1, 0.15) is 4.34 Å². The molecule has 3 nitrogen and oxygen atoms in total. The van der Waals surface area contributed by atoms with E-state index in [-0.39, 0.29) is 5.91 Å². The standard InChI is InChI=1S/C14H18Cl2N2OS/c15-12-7-11(13(16)20-12)14(19)18(10-4-5-10)8-9-3-1-2-6-17-9/h7,9-10,17H,1-6,8H2. The maximum absolute atomic E-state index is 12.7. The zero-order valence-corrected chi connectivity index (χ0v) is 13.5. The minimum absolute atomic E-state index is 0.0352. The van der Waals surface area contributed by atoms with Gasteiger partial charge < -0.3 is 10.2 Å². The number of piperidine rings is 1. The number of carbonyl (C=O) groups is 1. The van der Waals surface area contributed by atoms with Gasteiger partial charge in [-0.05, 0) is 38.3 Å². The van der Waals surface area contributed by atoms with Crippen molar-refractivity contribution in [1.82, 2.24) is 10.2 Å². The van der Waals surface area contributed by atoms with Crippen molar-refractivity contribution in [3.05, 3.63) is 20.3 Å². The van der Waals surface area contributed by atoms with Crippen LogP contribution in [0, 0.1) is 0 Å². The average molecular weight is 333 g/mol. The normalized spacial score (nSPS) is 22.8. The fourth-order valence-electron chi connectivity index (χ4n) is 2.74. The highest BCUT2D eigenvalue weighted by Gasteiger charge is 2.35. The number of thiophene rings is 1. The van der Waals surface area contributed by atoms with E-state index in [0.717, 1.165) is 32.4 Å². The van der Waals surface area contributed by atoms with Gasteiger partial charge in [0.2, 0.25) is 0 Å². The molecule has 2 aliphatic rings.